The van der Waals surface area contributed by atoms with Crippen LogP contribution >= 0.6 is 0 Å². The van der Waals surface area contributed by atoms with Gasteiger partial charge in [0.2, 0.25) is 0 Å². The van der Waals surface area contributed by atoms with Gasteiger partial charge in [-0.3, -0.25) is 9.97 Å². The molecule has 4 heteroatoms. The van der Waals surface area contributed by atoms with E-state index in [1.54, 1.807) is 0 Å². The number of pyridine rings is 2. The van der Waals surface area contributed by atoms with Crippen LogP contribution in [0.5, 0.6) is 0 Å². The van der Waals surface area contributed by atoms with E-state index in [4.69, 9.17) is 0 Å². The molecule has 0 atom stereocenters. The zero-order valence-corrected chi connectivity index (χ0v) is 11.3. The van der Waals surface area contributed by atoms with Crippen LogP contribution in [0.2, 0.25) is 0 Å². The number of rotatable bonds is 7. The molecule has 2 aromatic heterocycles. The Morgan fingerprint density at radius 3 is 2.53 bits per heavy atom. The van der Waals surface area contributed by atoms with Crippen molar-refractivity contribution in [3.8, 4) is 0 Å². The van der Waals surface area contributed by atoms with E-state index >= 15 is 0 Å². The zero-order valence-electron chi connectivity index (χ0n) is 11.3. The van der Waals surface area contributed by atoms with E-state index in [0.29, 0.717) is 0 Å². The van der Waals surface area contributed by atoms with Crippen molar-refractivity contribution in [2.45, 2.75) is 19.8 Å². The smallest absolute Gasteiger partial charge is 0.0547 e. The number of nitrogens with zero attached hydrogens (tertiary/aromatic N) is 2. The lowest BCUT2D eigenvalue weighted by Gasteiger charge is -2.08. The monoisotopic (exact) mass is 256 g/mol. The summed E-state index contributed by atoms with van der Waals surface area (Å²) >= 11 is 0. The lowest BCUT2D eigenvalue weighted by molar-refractivity contribution is 0.958. The van der Waals surface area contributed by atoms with Gasteiger partial charge in [0.1, 0.15) is 0 Å². The first-order valence-corrected chi connectivity index (χ1v) is 6.71. The molecule has 2 aromatic rings. The Bertz CT molecular complexity index is 485. The predicted octanol–water partition coefficient (Wildman–Crippen LogP) is 2.95. The van der Waals surface area contributed by atoms with Crippen molar-refractivity contribution in [1.82, 2.24) is 9.97 Å². The van der Waals surface area contributed by atoms with Crippen molar-refractivity contribution in [2.75, 3.05) is 23.7 Å². The van der Waals surface area contributed by atoms with Crippen LogP contribution in [0.3, 0.4) is 0 Å². The fourth-order valence-electron chi connectivity index (χ4n) is 1.78. The van der Waals surface area contributed by atoms with Gasteiger partial charge in [0, 0.05) is 31.4 Å². The summed E-state index contributed by atoms with van der Waals surface area (Å²) in [5, 5.41) is 6.70. The summed E-state index contributed by atoms with van der Waals surface area (Å²) in [5.41, 5.74) is 3.20. The molecular formula is C15H20N4. The molecule has 19 heavy (non-hydrogen) atoms. The molecule has 0 spiro atoms. The second kappa shape index (κ2) is 7.36. The molecule has 0 aliphatic carbocycles. The quantitative estimate of drug-likeness (QED) is 0.799. The van der Waals surface area contributed by atoms with Crippen molar-refractivity contribution in [2.24, 2.45) is 0 Å². The normalized spacial score (nSPS) is 10.2. The van der Waals surface area contributed by atoms with Crippen LogP contribution in [0.25, 0.3) is 0 Å². The fourth-order valence-corrected chi connectivity index (χ4v) is 1.78. The summed E-state index contributed by atoms with van der Waals surface area (Å²) in [6, 6.07) is 8.07. The first-order chi connectivity index (χ1) is 9.38. The van der Waals surface area contributed by atoms with Crippen LogP contribution in [0, 0.1) is 0 Å². The van der Waals surface area contributed by atoms with E-state index < -0.39 is 0 Å². The highest BCUT2D eigenvalue weighted by Crippen LogP contribution is 2.12. The molecule has 0 radical (unpaired) electrons. The highest BCUT2D eigenvalue weighted by atomic mass is 14.9. The minimum atomic E-state index is 0.857. The lowest BCUT2D eigenvalue weighted by Crippen LogP contribution is -2.07. The third-order valence-electron chi connectivity index (χ3n) is 2.75. The number of aromatic nitrogens is 2. The van der Waals surface area contributed by atoms with Gasteiger partial charge in [0.05, 0.1) is 23.8 Å². The molecule has 0 bridgehead atoms. The van der Waals surface area contributed by atoms with E-state index in [-0.39, 0.29) is 0 Å². The molecule has 0 aliphatic heterocycles. The third-order valence-corrected chi connectivity index (χ3v) is 2.75. The summed E-state index contributed by atoms with van der Waals surface area (Å²) < 4.78 is 0. The van der Waals surface area contributed by atoms with Gasteiger partial charge >= 0.3 is 0 Å². The van der Waals surface area contributed by atoms with E-state index in [1.165, 1.54) is 0 Å². The molecule has 2 rings (SSSR count). The fraction of sp³-hybridized carbons (Fsp3) is 0.333. The molecule has 0 aliphatic rings. The van der Waals surface area contributed by atoms with Crippen LogP contribution in [-0.4, -0.2) is 23.1 Å². The summed E-state index contributed by atoms with van der Waals surface area (Å²) in [6.07, 6.45) is 7.53. The molecule has 4 nitrogen and oxygen atoms in total. The number of hydrogen-bond donors (Lipinski definition) is 2. The molecule has 0 aromatic carbocycles. The topological polar surface area (TPSA) is 49.8 Å². The van der Waals surface area contributed by atoms with Gasteiger partial charge in [0.15, 0.2) is 0 Å². The largest absolute Gasteiger partial charge is 0.384 e. The average Bonchev–Trinajstić information content (AvgIpc) is 2.47. The first-order valence-electron chi connectivity index (χ1n) is 6.71. The maximum Gasteiger partial charge on any atom is 0.0547 e. The van der Waals surface area contributed by atoms with E-state index in [0.717, 1.165) is 43.0 Å². The van der Waals surface area contributed by atoms with Gasteiger partial charge < -0.3 is 10.6 Å². The zero-order chi connectivity index (χ0) is 13.3. The van der Waals surface area contributed by atoms with Gasteiger partial charge in [-0.2, -0.15) is 0 Å². The molecule has 100 valence electrons. The van der Waals surface area contributed by atoms with Gasteiger partial charge in [-0.1, -0.05) is 13.0 Å². The van der Waals surface area contributed by atoms with Crippen LogP contribution in [-0.2, 0) is 6.42 Å². The minimum Gasteiger partial charge on any atom is -0.384 e. The summed E-state index contributed by atoms with van der Waals surface area (Å²) in [5.74, 6) is 0. The van der Waals surface area contributed by atoms with Crippen LogP contribution in [0.1, 0.15) is 19.0 Å². The van der Waals surface area contributed by atoms with E-state index in [9.17, 15) is 0 Å². The predicted molar refractivity (Wildman–Crippen MR) is 79.4 cm³/mol. The second-order valence-corrected chi connectivity index (χ2v) is 4.39. The highest BCUT2D eigenvalue weighted by Gasteiger charge is 1.97. The van der Waals surface area contributed by atoms with Crippen LogP contribution in [0.15, 0.2) is 42.9 Å². The number of hydrogen-bond acceptors (Lipinski definition) is 4. The Kier molecular flexibility index (Phi) is 5.17. The Morgan fingerprint density at radius 2 is 1.84 bits per heavy atom. The number of nitrogens with one attached hydrogen (secondary N) is 2. The molecular weight excluding hydrogens is 236 g/mol. The Hall–Kier alpha value is -2.10. The third kappa shape index (κ3) is 4.58. The molecule has 0 saturated heterocycles. The molecule has 0 saturated carbocycles. The molecule has 2 heterocycles. The molecule has 0 unspecified atom stereocenters. The van der Waals surface area contributed by atoms with Gasteiger partial charge in [-0.25, -0.2) is 0 Å². The summed E-state index contributed by atoms with van der Waals surface area (Å²) in [4.78, 5) is 8.52. The van der Waals surface area contributed by atoms with Gasteiger partial charge in [-0.15, -0.1) is 0 Å². The summed E-state index contributed by atoms with van der Waals surface area (Å²) in [6.45, 7) is 3.98. The first kappa shape index (κ1) is 13.3. The maximum absolute atomic E-state index is 4.30. The molecule has 0 amide bonds. The summed E-state index contributed by atoms with van der Waals surface area (Å²) in [7, 11) is 0. The van der Waals surface area contributed by atoms with Crippen molar-refractivity contribution in [1.29, 1.82) is 0 Å². The molecule has 2 N–H and O–H groups in total. The van der Waals surface area contributed by atoms with Crippen LogP contribution < -0.4 is 10.6 Å². The lowest BCUT2D eigenvalue weighted by atomic mass is 10.2. The van der Waals surface area contributed by atoms with Crippen molar-refractivity contribution in [3.63, 3.8) is 0 Å². The van der Waals surface area contributed by atoms with Gasteiger partial charge in [0.25, 0.3) is 0 Å². The maximum atomic E-state index is 4.30. The SMILES string of the molecule is CCCNc1cncc(NCCc2ccccn2)c1. The van der Waals surface area contributed by atoms with Crippen molar-refractivity contribution in [3.05, 3.63) is 48.5 Å². The highest BCUT2D eigenvalue weighted by molar-refractivity contribution is 5.53. The van der Waals surface area contributed by atoms with Crippen molar-refractivity contribution >= 4 is 11.4 Å². The second-order valence-electron chi connectivity index (χ2n) is 4.39. The van der Waals surface area contributed by atoms with Crippen LogP contribution in [0.4, 0.5) is 11.4 Å². The minimum absolute atomic E-state index is 0.857. The Balaban J connectivity index is 1.82. The van der Waals surface area contributed by atoms with E-state index in [2.05, 4.69) is 33.6 Å². The van der Waals surface area contributed by atoms with Crippen molar-refractivity contribution < 1.29 is 0 Å². The Labute approximate surface area is 114 Å². The Morgan fingerprint density at radius 1 is 1.05 bits per heavy atom. The number of anilines is 2. The van der Waals surface area contributed by atoms with Gasteiger partial charge in [-0.05, 0) is 24.6 Å². The average molecular weight is 256 g/mol. The molecule has 0 fully saturated rings. The standard InChI is InChI=1S/C15H20N4/c1-2-7-17-14-10-15(12-16-11-14)19-9-6-13-5-3-4-8-18-13/h3-5,8,10-12,17,19H,2,6-7,9H2,1H3. The van der Waals surface area contributed by atoms with E-state index in [1.807, 2.05) is 36.8 Å².